The Bertz CT molecular complexity index is 613. The maximum atomic E-state index is 12.0. The highest BCUT2D eigenvalue weighted by Crippen LogP contribution is 2.40. The molecule has 2 aromatic carbocycles. The molecule has 0 aliphatic heterocycles. The van der Waals surface area contributed by atoms with E-state index in [9.17, 15) is 4.79 Å². The van der Waals surface area contributed by atoms with Gasteiger partial charge in [-0.1, -0.05) is 74.0 Å². The van der Waals surface area contributed by atoms with Crippen LogP contribution >= 0.6 is 0 Å². The number of rotatable bonds is 6. The minimum absolute atomic E-state index is 0.212. The number of benzene rings is 2. The predicted octanol–water partition coefficient (Wildman–Crippen LogP) is 5.29. The van der Waals surface area contributed by atoms with Crippen molar-refractivity contribution in [3.05, 3.63) is 71.8 Å². The van der Waals surface area contributed by atoms with Gasteiger partial charge >= 0.3 is 0 Å². The van der Waals surface area contributed by atoms with Gasteiger partial charge in [-0.25, -0.2) is 0 Å². The number of carbonyl (C=O) groups excluding carboxylic acids is 1. The van der Waals surface area contributed by atoms with Crippen LogP contribution < -0.4 is 5.32 Å². The lowest BCUT2D eigenvalue weighted by molar-refractivity contribution is -0.122. The summed E-state index contributed by atoms with van der Waals surface area (Å²) in [7, 11) is 0. The van der Waals surface area contributed by atoms with Crippen molar-refractivity contribution in [1.82, 2.24) is 5.32 Å². The van der Waals surface area contributed by atoms with Gasteiger partial charge in [0.25, 0.3) is 0 Å². The van der Waals surface area contributed by atoms with Crippen LogP contribution in [0, 0.1) is 5.92 Å². The zero-order valence-corrected chi connectivity index (χ0v) is 15.2. The van der Waals surface area contributed by atoms with Crippen LogP contribution in [0.5, 0.6) is 0 Å². The van der Waals surface area contributed by atoms with Crippen LogP contribution in [0.3, 0.4) is 0 Å². The third kappa shape index (κ3) is 4.72. The Morgan fingerprint density at radius 1 is 1.00 bits per heavy atom. The van der Waals surface area contributed by atoms with Crippen LogP contribution in [-0.4, -0.2) is 11.9 Å². The Hall–Kier alpha value is -2.09. The molecule has 0 spiro atoms. The van der Waals surface area contributed by atoms with Gasteiger partial charge in [0, 0.05) is 18.4 Å². The Balaban J connectivity index is 1.80. The standard InChI is InChI=1S/C23H29NO/c1-2-10-22(25)24-21-16-9-15-20(17-21)23(18-11-5-3-6-12-18)19-13-7-4-8-14-19/h3-8,11-14,20-21,23H,2,9-10,15-17H2,1H3,(H,24,25)/t20-,21+/m0/s1. The van der Waals surface area contributed by atoms with E-state index >= 15 is 0 Å². The van der Waals surface area contributed by atoms with Crippen molar-refractivity contribution in [3.8, 4) is 0 Å². The SMILES string of the molecule is CCCC(=O)N[C@@H]1CCC[C@H](C(c2ccccc2)c2ccccc2)C1. The molecular formula is C23H29NO. The highest BCUT2D eigenvalue weighted by Gasteiger charge is 2.30. The normalized spacial score (nSPS) is 20.4. The molecule has 1 fully saturated rings. The summed E-state index contributed by atoms with van der Waals surface area (Å²) in [5, 5.41) is 3.27. The van der Waals surface area contributed by atoms with Gasteiger partial charge < -0.3 is 5.32 Å². The molecule has 1 aliphatic carbocycles. The maximum absolute atomic E-state index is 12.0. The first-order chi connectivity index (χ1) is 12.3. The van der Waals surface area contributed by atoms with Crippen molar-refractivity contribution in [2.75, 3.05) is 0 Å². The molecule has 0 bridgehead atoms. The van der Waals surface area contributed by atoms with Crippen LogP contribution in [0.15, 0.2) is 60.7 Å². The molecule has 0 radical (unpaired) electrons. The molecule has 1 aliphatic rings. The second kappa shape index (κ2) is 8.84. The zero-order chi connectivity index (χ0) is 17.5. The van der Waals surface area contributed by atoms with E-state index in [2.05, 4.69) is 72.9 Å². The maximum Gasteiger partial charge on any atom is 0.220 e. The first-order valence-electron chi connectivity index (χ1n) is 9.67. The molecule has 1 N–H and O–H groups in total. The number of nitrogens with one attached hydrogen (secondary N) is 1. The monoisotopic (exact) mass is 335 g/mol. The summed E-state index contributed by atoms with van der Waals surface area (Å²) in [5.74, 6) is 1.20. The number of hydrogen-bond donors (Lipinski definition) is 1. The largest absolute Gasteiger partial charge is 0.353 e. The van der Waals surface area contributed by atoms with Gasteiger partial charge in [-0.3, -0.25) is 4.79 Å². The smallest absolute Gasteiger partial charge is 0.220 e. The lowest BCUT2D eigenvalue weighted by atomic mass is 9.72. The summed E-state index contributed by atoms with van der Waals surface area (Å²) in [4.78, 5) is 12.0. The third-order valence-electron chi connectivity index (χ3n) is 5.35. The van der Waals surface area contributed by atoms with Gasteiger partial charge in [-0.05, 0) is 42.7 Å². The average Bonchev–Trinajstić information content (AvgIpc) is 2.64. The van der Waals surface area contributed by atoms with Crippen molar-refractivity contribution in [2.45, 2.75) is 57.4 Å². The molecular weight excluding hydrogens is 306 g/mol. The van der Waals surface area contributed by atoms with E-state index in [0.717, 1.165) is 19.3 Å². The van der Waals surface area contributed by atoms with Crippen LogP contribution in [0.1, 0.15) is 62.5 Å². The minimum atomic E-state index is 0.212. The topological polar surface area (TPSA) is 29.1 Å². The molecule has 2 aromatic rings. The average molecular weight is 335 g/mol. The predicted molar refractivity (Wildman–Crippen MR) is 104 cm³/mol. The Morgan fingerprint density at radius 2 is 1.60 bits per heavy atom. The molecule has 0 unspecified atom stereocenters. The second-order valence-corrected chi connectivity index (χ2v) is 7.24. The first-order valence-corrected chi connectivity index (χ1v) is 9.67. The number of hydrogen-bond acceptors (Lipinski definition) is 1. The highest BCUT2D eigenvalue weighted by molar-refractivity contribution is 5.76. The van der Waals surface area contributed by atoms with E-state index in [4.69, 9.17) is 0 Å². The van der Waals surface area contributed by atoms with Gasteiger partial charge in [0.2, 0.25) is 5.91 Å². The van der Waals surface area contributed by atoms with Crippen LogP contribution in [0.2, 0.25) is 0 Å². The summed E-state index contributed by atoms with van der Waals surface area (Å²) in [5.41, 5.74) is 2.78. The second-order valence-electron chi connectivity index (χ2n) is 7.24. The number of amides is 1. The van der Waals surface area contributed by atoms with Gasteiger partial charge in [0.15, 0.2) is 0 Å². The van der Waals surface area contributed by atoms with Crippen molar-refractivity contribution in [2.24, 2.45) is 5.92 Å². The molecule has 3 rings (SSSR count). The summed E-state index contributed by atoms with van der Waals surface area (Å²) in [6.07, 6.45) is 6.17. The summed E-state index contributed by atoms with van der Waals surface area (Å²) in [6.45, 7) is 2.06. The molecule has 2 heteroatoms. The van der Waals surface area contributed by atoms with Crippen molar-refractivity contribution >= 4 is 5.91 Å². The molecule has 1 saturated carbocycles. The summed E-state index contributed by atoms with van der Waals surface area (Å²) in [6, 6.07) is 22.0. The van der Waals surface area contributed by atoms with Gasteiger partial charge in [-0.2, -0.15) is 0 Å². The van der Waals surface area contributed by atoms with Crippen molar-refractivity contribution in [3.63, 3.8) is 0 Å². The molecule has 0 saturated heterocycles. The highest BCUT2D eigenvalue weighted by atomic mass is 16.1. The first kappa shape index (κ1) is 17.7. The van der Waals surface area contributed by atoms with Gasteiger partial charge in [-0.15, -0.1) is 0 Å². The van der Waals surface area contributed by atoms with Crippen molar-refractivity contribution in [1.29, 1.82) is 0 Å². The fourth-order valence-electron chi connectivity index (χ4n) is 4.25. The van der Waals surface area contributed by atoms with E-state index in [1.54, 1.807) is 0 Å². The van der Waals surface area contributed by atoms with E-state index < -0.39 is 0 Å². The summed E-state index contributed by atoms with van der Waals surface area (Å²) < 4.78 is 0. The summed E-state index contributed by atoms with van der Waals surface area (Å²) >= 11 is 0. The van der Waals surface area contributed by atoms with Crippen LogP contribution in [0.25, 0.3) is 0 Å². The molecule has 2 atom stereocenters. The van der Waals surface area contributed by atoms with E-state index in [1.165, 1.54) is 24.0 Å². The van der Waals surface area contributed by atoms with E-state index in [-0.39, 0.29) is 5.91 Å². The molecule has 0 heterocycles. The van der Waals surface area contributed by atoms with Crippen LogP contribution in [-0.2, 0) is 4.79 Å². The van der Waals surface area contributed by atoms with E-state index in [0.29, 0.717) is 24.3 Å². The molecule has 2 nitrogen and oxygen atoms in total. The van der Waals surface area contributed by atoms with E-state index in [1.807, 2.05) is 0 Å². The fourth-order valence-corrected chi connectivity index (χ4v) is 4.25. The quantitative estimate of drug-likeness (QED) is 0.763. The molecule has 0 aromatic heterocycles. The molecule has 1 amide bonds. The third-order valence-corrected chi connectivity index (χ3v) is 5.35. The Labute approximate surface area is 151 Å². The van der Waals surface area contributed by atoms with Crippen LogP contribution in [0.4, 0.5) is 0 Å². The molecule has 25 heavy (non-hydrogen) atoms. The lowest BCUT2D eigenvalue weighted by Gasteiger charge is -2.35. The lowest BCUT2D eigenvalue weighted by Crippen LogP contribution is -2.39. The number of carbonyl (C=O) groups is 1. The minimum Gasteiger partial charge on any atom is -0.353 e. The fraction of sp³-hybridized carbons (Fsp3) is 0.435. The Morgan fingerprint density at radius 3 is 2.16 bits per heavy atom. The zero-order valence-electron chi connectivity index (χ0n) is 15.2. The van der Waals surface area contributed by atoms with Crippen molar-refractivity contribution < 1.29 is 4.79 Å². The molecule has 132 valence electrons. The van der Waals surface area contributed by atoms with Gasteiger partial charge in [0.05, 0.1) is 0 Å². The Kier molecular flexibility index (Phi) is 6.27. The van der Waals surface area contributed by atoms with Gasteiger partial charge in [0.1, 0.15) is 0 Å².